The average molecular weight is 319 g/mol. The van der Waals surface area contributed by atoms with Crippen LogP contribution >= 0.6 is 0 Å². The van der Waals surface area contributed by atoms with Crippen LogP contribution in [0.25, 0.3) is 0 Å². The standard InChI is InChI=1S/C18H26FN3O/c1-18(12-20)8-10-22(13-18)17(23)16-3-2-9-21(16)11-14-4-6-15(19)7-5-14/h4-7,16H,2-3,8-13,20H2,1H3. The van der Waals surface area contributed by atoms with Crippen LogP contribution in [0.15, 0.2) is 24.3 Å². The number of benzene rings is 1. The van der Waals surface area contributed by atoms with Crippen molar-refractivity contribution in [3.8, 4) is 0 Å². The highest BCUT2D eigenvalue weighted by atomic mass is 19.1. The van der Waals surface area contributed by atoms with E-state index in [9.17, 15) is 9.18 Å². The molecule has 2 fully saturated rings. The molecule has 5 heteroatoms. The largest absolute Gasteiger partial charge is 0.341 e. The number of nitrogens with zero attached hydrogens (tertiary/aromatic N) is 2. The number of carbonyl (C=O) groups excluding carboxylic acids is 1. The van der Waals surface area contributed by atoms with E-state index >= 15 is 0 Å². The van der Waals surface area contributed by atoms with Crippen molar-refractivity contribution in [2.24, 2.45) is 11.1 Å². The fourth-order valence-electron chi connectivity index (χ4n) is 3.71. The normalized spacial score (nSPS) is 28.5. The van der Waals surface area contributed by atoms with Crippen molar-refractivity contribution in [1.82, 2.24) is 9.80 Å². The molecule has 1 amide bonds. The van der Waals surface area contributed by atoms with Gasteiger partial charge in [0, 0.05) is 19.6 Å². The number of nitrogens with two attached hydrogens (primary N) is 1. The second-order valence-corrected chi connectivity index (χ2v) is 7.28. The Kier molecular flexibility index (Phi) is 4.69. The van der Waals surface area contributed by atoms with Crippen LogP contribution in [0.3, 0.4) is 0 Å². The van der Waals surface area contributed by atoms with E-state index in [1.165, 1.54) is 12.1 Å². The van der Waals surface area contributed by atoms with Crippen molar-refractivity contribution in [2.75, 3.05) is 26.2 Å². The first kappa shape index (κ1) is 16.4. The molecule has 0 bridgehead atoms. The maximum Gasteiger partial charge on any atom is 0.239 e. The van der Waals surface area contributed by atoms with Gasteiger partial charge in [-0.15, -0.1) is 0 Å². The van der Waals surface area contributed by atoms with E-state index in [2.05, 4.69) is 11.8 Å². The highest BCUT2D eigenvalue weighted by Gasteiger charge is 2.40. The zero-order valence-electron chi connectivity index (χ0n) is 13.8. The van der Waals surface area contributed by atoms with E-state index in [0.717, 1.165) is 44.5 Å². The van der Waals surface area contributed by atoms with E-state index in [0.29, 0.717) is 13.1 Å². The first-order valence-corrected chi connectivity index (χ1v) is 8.48. The predicted molar refractivity (Wildman–Crippen MR) is 88.2 cm³/mol. The summed E-state index contributed by atoms with van der Waals surface area (Å²) in [5, 5.41) is 0. The molecular weight excluding hydrogens is 293 g/mol. The predicted octanol–water partition coefficient (Wildman–Crippen LogP) is 1.99. The summed E-state index contributed by atoms with van der Waals surface area (Å²) in [5.41, 5.74) is 6.97. The Morgan fingerprint density at radius 3 is 2.74 bits per heavy atom. The summed E-state index contributed by atoms with van der Waals surface area (Å²) < 4.78 is 13.0. The molecule has 0 saturated carbocycles. The molecule has 1 aromatic rings. The Hall–Kier alpha value is -1.46. The topological polar surface area (TPSA) is 49.6 Å². The van der Waals surface area contributed by atoms with Crippen LogP contribution in [0.2, 0.25) is 0 Å². The van der Waals surface area contributed by atoms with E-state index in [4.69, 9.17) is 5.73 Å². The quantitative estimate of drug-likeness (QED) is 0.923. The summed E-state index contributed by atoms with van der Waals surface area (Å²) in [5.74, 6) is 0.0164. The third-order valence-corrected chi connectivity index (χ3v) is 5.31. The molecule has 23 heavy (non-hydrogen) atoms. The van der Waals surface area contributed by atoms with Crippen LogP contribution in [0, 0.1) is 11.2 Å². The van der Waals surface area contributed by atoms with E-state index < -0.39 is 0 Å². The minimum atomic E-state index is -0.221. The molecule has 2 aliphatic heterocycles. The lowest BCUT2D eigenvalue weighted by molar-refractivity contribution is -0.135. The maximum absolute atomic E-state index is 13.0. The number of carbonyl (C=O) groups is 1. The Morgan fingerprint density at radius 2 is 2.09 bits per heavy atom. The van der Waals surface area contributed by atoms with Gasteiger partial charge in [-0.05, 0) is 55.5 Å². The Labute approximate surface area is 137 Å². The lowest BCUT2D eigenvalue weighted by Crippen LogP contribution is -2.45. The van der Waals surface area contributed by atoms with Gasteiger partial charge in [-0.25, -0.2) is 4.39 Å². The smallest absolute Gasteiger partial charge is 0.239 e. The van der Waals surface area contributed by atoms with Gasteiger partial charge in [0.05, 0.1) is 6.04 Å². The van der Waals surface area contributed by atoms with Gasteiger partial charge in [0.15, 0.2) is 0 Å². The summed E-state index contributed by atoms with van der Waals surface area (Å²) in [4.78, 5) is 17.1. The van der Waals surface area contributed by atoms with Crippen molar-refractivity contribution >= 4 is 5.91 Å². The molecule has 4 nitrogen and oxygen atoms in total. The van der Waals surface area contributed by atoms with Gasteiger partial charge in [-0.1, -0.05) is 19.1 Å². The highest BCUT2D eigenvalue weighted by molar-refractivity contribution is 5.82. The Balaban J connectivity index is 1.64. The van der Waals surface area contributed by atoms with E-state index in [1.54, 1.807) is 12.1 Å². The van der Waals surface area contributed by atoms with Crippen molar-refractivity contribution < 1.29 is 9.18 Å². The van der Waals surface area contributed by atoms with Gasteiger partial charge in [0.2, 0.25) is 5.91 Å². The van der Waals surface area contributed by atoms with Crippen LogP contribution in [0.5, 0.6) is 0 Å². The molecule has 2 saturated heterocycles. The molecule has 2 heterocycles. The third-order valence-electron chi connectivity index (χ3n) is 5.31. The maximum atomic E-state index is 13.0. The van der Waals surface area contributed by atoms with Gasteiger partial charge in [-0.2, -0.15) is 0 Å². The second-order valence-electron chi connectivity index (χ2n) is 7.28. The molecular formula is C18H26FN3O. The van der Waals surface area contributed by atoms with Gasteiger partial charge >= 0.3 is 0 Å². The lowest BCUT2D eigenvalue weighted by Gasteiger charge is -2.29. The minimum Gasteiger partial charge on any atom is -0.341 e. The van der Waals surface area contributed by atoms with Gasteiger partial charge in [-0.3, -0.25) is 9.69 Å². The number of likely N-dealkylation sites (tertiary alicyclic amines) is 2. The SMILES string of the molecule is CC1(CN)CCN(C(=O)C2CCCN2Cc2ccc(F)cc2)C1. The molecule has 3 rings (SSSR count). The number of halogens is 1. The zero-order valence-corrected chi connectivity index (χ0v) is 13.8. The van der Waals surface area contributed by atoms with E-state index in [1.807, 2.05) is 4.90 Å². The lowest BCUT2D eigenvalue weighted by atomic mass is 9.90. The van der Waals surface area contributed by atoms with Crippen molar-refractivity contribution in [2.45, 2.75) is 38.8 Å². The molecule has 2 N–H and O–H groups in total. The van der Waals surface area contributed by atoms with Crippen LogP contribution in [0.1, 0.15) is 31.7 Å². The minimum absolute atomic E-state index is 0.0415. The number of rotatable bonds is 4. The Bertz CT molecular complexity index is 562. The van der Waals surface area contributed by atoms with Gasteiger partial charge in [0.25, 0.3) is 0 Å². The molecule has 0 aromatic heterocycles. The summed E-state index contributed by atoms with van der Waals surface area (Å²) in [6.07, 6.45) is 2.94. The number of hydrogen-bond acceptors (Lipinski definition) is 3. The van der Waals surface area contributed by atoms with E-state index in [-0.39, 0.29) is 23.2 Å². The summed E-state index contributed by atoms with van der Waals surface area (Å²) in [6, 6.07) is 6.53. The number of amides is 1. The first-order valence-electron chi connectivity index (χ1n) is 8.48. The summed E-state index contributed by atoms with van der Waals surface area (Å²) >= 11 is 0. The van der Waals surface area contributed by atoms with Crippen LogP contribution < -0.4 is 5.73 Å². The second kappa shape index (κ2) is 6.57. The van der Waals surface area contributed by atoms with Crippen molar-refractivity contribution in [1.29, 1.82) is 0 Å². The monoisotopic (exact) mass is 319 g/mol. The molecule has 2 atom stereocenters. The fraction of sp³-hybridized carbons (Fsp3) is 0.611. The molecule has 0 aliphatic carbocycles. The Morgan fingerprint density at radius 1 is 1.35 bits per heavy atom. The average Bonchev–Trinajstić information content (AvgIpc) is 3.16. The van der Waals surface area contributed by atoms with Crippen LogP contribution in [-0.2, 0) is 11.3 Å². The first-order chi connectivity index (χ1) is 11.0. The zero-order chi connectivity index (χ0) is 16.4. The number of hydrogen-bond donors (Lipinski definition) is 1. The van der Waals surface area contributed by atoms with Gasteiger partial charge < -0.3 is 10.6 Å². The fourth-order valence-corrected chi connectivity index (χ4v) is 3.71. The van der Waals surface area contributed by atoms with Crippen LogP contribution in [-0.4, -0.2) is 47.9 Å². The highest BCUT2D eigenvalue weighted by Crippen LogP contribution is 2.31. The molecule has 2 aliphatic rings. The summed E-state index contributed by atoms with van der Waals surface area (Å²) in [7, 11) is 0. The van der Waals surface area contributed by atoms with Crippen molar-refractivity contribution in [3.05, 3.63) is 35.6 Å². The molecule has 0 radical (unpaired) electrons. The molecule has 0 spiro atoms. The van der Waals surface area contributed by atoms with Crippen LogP contribution in [0.4, 0.5) is 4.39 Å². The molecule has 2 unspecified atom stereocenters. The van der Waals surface area contributed by atoms with Gasteiger partial charge in [0.1, 0.15) is 5.82 Å². The molecule has 1 aromatic carbocycles. The third kappa shape index (κ3) is 3.56. The molecule has 126 valence electrons. The van der Waals surface area contributed by atoms with Crippen molar-refractivity contribution in [3.63, 3.8) is 0 Å². The summed E-state index contributed by atoms with van der Waals surface area (Å²) in [6.45, 7) is 6.00.